The quantitative estimate of drug-likeness (QED) is 0.463. The highest BCUT2D eigenvalue weighted by molar-refractivity contribution is 5.77. The standard InChI is InChI=1S/C17H33N3O2.C2H6/c1-4-16(2)15-22-13-7-5-6-8-18-17(21)14-20-11-9-19(3)10-12-20;1-2/h2,4-15H2,1,3H3,(H,18,21);1-2H3. The normalized spacial score (nSPS) is 15.5. The van der Waals surface area contributed by atoms with Crippen LogP contribution in [0.25, 0.3) is 0 Å². The van der Waals surface area contributed by atoms with Gasteiger partial charge in [0, 0.05) is 39.3 Å². The lowest BCUT2D eigenvalue weighted by molar-refractivity contribution is -0.122. The van der Waals surface area contributed by atoms with Crippen molar-refractivity contribution in [2.45, 2.75) is 46.5 Å². The molecule has 5 nitrogen and oxygen atoms in total. The molecule has 5 heteroatoms. The maximum absolute atomic E-state index is 11.8. The molecule has 1 amide bonds. The van der Waals surface area contributed by atoms with Gasteiger partial charge in [0.15, 0.2) is 0 Å². The summed E-state index contributed by atoms with van der Waals surface area (Å²) in [6.07, 6.45) is 4.14. The van der Waals surface area contributed by atoms with Gasteiger partial charge in [0.05, 0.1) is 13.2 Å². The Bertz CT molecular complexity index is 327. The molecule has 1 saturated heterocycles. The van der Waals surface area contributed by atoms with Crippen LogP contribution in [0.15, 0.2) is 12.2 Å². The third kappa shape index (κ3) is 12.5. The number of piperazine rings is 1. The highest BCUT2D eigenvalue weighted by Gasteiger charge is 2.15. The van der Waals surface area contributed by atoms with Crippen LogP contribution < -0.4 is 5.32 Å². The van der Waals surface area contributed by atoms with Gasteiger partial charge >= 0.3 is 0 Å². The van der Waals surface area contributed by atoms with Gasteiger partial charge in [-0.25, -0.2) is 0 Å². The number of amides is 1. The molecule has 142 valence electrons. The molecule has 0 aromatic rings. The van der Waals surface area contributed by atoms with Crippen molar-refractivity contribution in [2.24, 2.45) is 0 Å². The van der Waals surface area contributed by atoms with E-state index in [4.69, 9.17) is 4.74 Å². The molecule has 1 heterocycles. The molecule has 0 aromatic heterocycles. The van der Waals surface area contributed by atoms with Gasteiger partial charge in [-0.15, -0.1) is 0 Å². The monoisotopic (exact) mass is 341 g/mol. The van der Waals surface area contributed by atoms with E-state index in [2.05, 4.69) is 35.7 Å². The number of rotatable bonds is 11. The number of nitrogens with zero attached hydrogens (tertiary/aromatic N) is 2. The molecular formula is C19H39N3O2. The Kier molecular flexibility index (Phi) is 15.0. The van der Waals surface area contributed by atoms with Crippen molar-refractivity contribution in [3.8, 4) is 0 Å². The first-order valence-electron chi connectivity index (χ1n) is 9.53. The molecule has 0 radical (unpaired) electrons. The number of nitrogens with one attached hydrogen (secondary N) is 1. The summed E-state index contributed by atoms with van der Waals surface area (Å²) in [5.41, 5.74) is 1.15. The van der Waals surface area contributed by atoms with Crippen molar-refractivity contribution in [3.63, 3.8) is 0 Å². The average molecular weight is 342 g/mol. The zero-order chi connectivity index (χ0) is 18.2. The van der Waals surface area contributed by atoms with Crippen LogP contribution in [-0.4, -0.2) is 75.2 Å². The van der Waals surface area contributed by atoms with E-state index < -0.39 is 0 Å². The van der Waals surface area contributed by atoms with Crippen LogP contribution in [0.5, 0.6) is 0 Å². The molecule has 1 fully saturated rings. The molecule has 1 aliphatic rings. The highest BCUT2D eigenvalue weighted by Crippen LogP contribution is 2.00. The van der Waals surface area contributed by atoms with Gasteiger partial charge in [-0.2, -0.15) is 0 Å². The Morgan fingerprint density at radius 3 is 2.42 bits per heavy atom. The maximum Gasteiger partial charge on any atom is 0.234 e. The first-order valence-corrected chi connectivity index (χ1v) is 9.53. The minimum absolute atomic E-state index is 0.153. The van der Waals surface area contributed by atoms with E-state index in [1.54, 1.807) is 0 Å². The third-order valence-corrected chi connectivity index (χ3v) is 4.06. The second kappa shape index (κ2) is 15.6. The van der Waals surface area contributed by atoms with E-state index >= 15 is 0 Å². The van der Waals surface area contributed by atoms with Gasteiger partial charge in [0.1, 0.15) is 0 Å². The first-order chi connectivity index (χ1) is 11.6. The van der Waals surface area contributed by atoms with Crippen molar-refractivity contribution in [2.75, 3.05) is 59.5 Å². The Labute approximate surface area is 149 Å². The Morgan fingerprint density at radius 1 is 1.12 bits per heavy atom. The fraction of sp³-hybridized carbons (Fsp3) is 0.842. The first kappa shape index (κ1) is 23.1. The van der Waals surface area contributed by atoms with Gasteiger partial charge in [-0.05, 0) is 32.7 Å². The molecule has 0 unspecified atom stereocenters. The predicted octanol–water partition coefficient (Wildman–Crippen LogP) is 2.53. The predicted molar refractivity (Wildman–Crippen MR) is 102 cm³/mol. The second-order valence-electron chi connectivity index (χ2n) is 6.15. The zero-order valence-corrected chi connectivity index (χ0v) is 16.4. The van der Waals surface area contributed by atoms with Crippen LogP contribution in [0.3, 0.4) is 0 Å². The van der Waals surface area contributed by atoms with Gasteiger partial charge in [0.25, 0.3) is 0 Å². The van der Waals surface area contributed by atoms with Crippen LogP contribution in [0.2, 0.25) is 0 Å². The minimum Gasteiger partial charge on any atom is -0.377 e. The zero-order valence-electron chi connectivity index (χ0n) is 16.4. The van der Waals surface area contributed by atoms with Crippen molar-refractivity contribution in [1.82, 2.24) is 15.1 Å². The average Bonchev–Trinajstić information content (AvgIpc) is 2.60. The van der Waals surface area contributed by atoms with Crippen molar-refractivity contribution < 1.29 is 9.53 Å². The number of carbonyl (C=O) groups is 1. The van der Waals surface area contributed by atoms with E-state index in [0.717, 1.165) is 70.6 Å². The van der Waals surface area contributed by atoms with Crippen LogP contribution in [0, 0.1) is 0 Å². The lowest BCUT2D eigenvalue weighted by Gasteiger charge is -2.31. The van der Waals surface area contributed by atoms with Gasteiger partial charge in [-0.1, -0.05) is 32.9 Å². The molecule has 0 spiro atoms. The Morgan fingerprint density at radius 2 is 1.79 bits per heavy atom. The smallest absolute Gasteiger partial charge is 0.234 e. The molecule has 0 bridgehead atoms. The van der Waals surface area contributed by atoms with Crippen LogP contribution in [0.1, 0.15) is 46.5 Å². The van der Waals surface area contributed by atoms with Gasteiger partial charge in [-0.3, -0.25) is 9.69 Å². The Balaban J connectivity index is 0.00000254. The lowest BCUT2D eigenvalue weighted by atomic mass is 10.2. The topological polar surface area (TPSA) is 44.8 Å². The molecule has 24 heavy (non-hydrogen) atoms. The van der Waals surface area contributed by atoms with Gasteiger partial charge in [0.2, 0.25) is 5.91 Å². The fourth-order valence-electron chi connectivity index (χ4n) is 2.32. The SMILES string of the molecule is C=C(CC)COCCCCCNC(=O)CN1CCN(C)CC1.CC. The summed E-state index contributed by atoms with van der Waals surface area (Å²) in [6.45, 7) is 16.9. The van der Waals surface area contributed by atoms with E-state index in [1.165, 1.54) is 0 Å². The summed E-state index contributed by atoms with van der Waals surface area (Å²) in [5, 5.41) is 3.01. The van der Waals surface area contributed by atoms with Crippen molar-refractivity contribution in [3.05, 3.63) is 12.2 Å². The van der Waals surface area contributed by atoms with Crippen molar-refractivity contribution in [1.29, 1.82) is 0 Å². The number of unbranched alkanes of at least 4 members (excludes halogenated alkanes) is 2. The summed E-state index contributed by atoms with van der Waals surface area (Å²) in [6, 6.07) is 0. The second-order valence-corrected chi connectivity index (χ2v) is 6.15. The lowest BCUT2D eigenvalue weighted by Crippen LogP contribution is -2.48. The van der Waals surface area contributed by atoms with Crippen LogP contribution in [-0.2, 0) is 9.53 Å². The molecule has 1 N–H and O–H groups in total. The van der Waals surface area contributed by atoms with Gasteiger partial charge < -0.3 is 15.0 Å². The summed E-state index contributed by atoms with van der Waals surface area (Å²) < 4.78 is 5.53. The number of hydrogen-bond acceptors (Lipinski definition) is 4. The minimum atomic E-state index is 0.153. The summed E-state index contributed by atoms with van der Waals surface area (Å²) in [7, 11) is 2.12. The van der Waals surface area contributed by atoms with E-state index in [9.17, 15) is 4.79 Å². The molecule has 0 atom stereocenters. The largest absolute Gasteiger partial charge is 0.377 e. The Hall–Kier alpha value is -0.910. The molecule has 0 saturated carbocycles. The molecule has 0 aliphatic carbocycles. The third-order valence-electron chi connectivity index (χ3n) is 4.06. The summed E-state index contributed by atoms with van der Waals surface area (Å²) in [4.78, 5) is 16.4. The highest BCUT2D eigenvalue weighted by atomic mass is 16.5. The van der Waals surface area contributed by atoms with Crippen molar-refractivity contribution >= 4 is 5.91 Å². The maximum atomic E-state index is 11.8. The summed E-state index contributed by atoms with van der Waals surface area (Å²) >= 11 is 0. The number of ether oxygens (including phenoxy) is 1. The van der Waals surface area contributed by atoms with E-state index in [1.807, 2.05) is 13.8 Å². The number of likely N-dealkylation sites (N-methyl/N-ethyl adjacent to an activating group) is 1. The van der Waals surface area contributed by atoms with E-state index in [-0.39, 0.29) is 5.91 Å². The van der Waals surface area contributed by atoms with Crippen LogP contribution in [0.4, 0.5) is 0 Å². The fourth-order valence-corrected chi connectivity index (χ4v) is 2.32. The van der Waals surface area contributed by atoms with Crippen LogP contribution >= 0.6 is 0 Å². The molecule has 1 aliphatic heterocycles. The number of carbonyl (C=O) groups excluding carboxylic acids is 1. The molecule has 1 rings (SSSR count). The number of hydrogen-bond donors (Lipinski definition) is 1. The molecular weight excluding hydrogens is 302 g/mol. The molecule has 0 aromatic carbocycles. The summed E-state index contributed by atoms with van der Waals surface area (Å²) in [5.74, 6) is 0.153. The van der Waals surface area contributed by atoms with E-state index in [0.29, 0.717) is 13.2 Å².